The Morgan fingerprint density at radius 2 is 1.85 bits per heavy atom. The lowest BCUT2D eigenvalue weighted by molar-refractivity contribution is -0.131. The third-order valence-electron chi connectivity index (χ3n) is 9.25. The van der Waals surface area contributed by atoms with Crippen molar-refractivity contribution in [2.24, 2.45) is 0 Å². The van der Waals surface area contributed by atoms with Crippen LogP contribution in [-0.2, 0) is 22.5 Å². The number of nitrogens with zero attached hydrogens (tertiary/aromatic N) is 7. The van der Waals surface area contributed by atoms with Gasteiger partial charge in [-0.05, 0) is 65.1 Å². The van der Waals surface area contributed by atoms with Crippen molar-refractivity contribution in [2.45, 2.75) is 77.6 Å². The van der Waals surface area contributed by atoms with Crippen molar-refractivity contribution in [2.75, 3.05) is 56.2 Å². The Hall–Kier alpha value is -4.63. The molecule has 2 aromatic carbocycles. The Morgan fingerprint density at radius 3 is 2.58 bits per heavy atom. The number of carbonyl (C=O) groups is 2. The zero-order valence-corrected chi connectivity index (χ0v) is 28.6. The van der Waals surface area contributed by atoms with E-state index in [-0.39, 0.29) is 18.4 Å². The maximum Gasteiger partial charge on any atom is 0.410 e. The van der Waals surface area contributed by atoms with Gasteiger partial charge in [-0.15, -0.1) is 0 Å². The van der Waals surface area contributed by atoms with E-state index in [1.807, 2.05) is 51.1 Å². The molecule has 3 aliphatic heterocycles. The topological polar surface area (TPSA) is 124 Å². The zero-order chi connectivity index (χ0) is 34.0. The average Bonchev–Trinajstić information content (AvgIpc) is 3.46. The van der Waals surface area contributed by atoms with Gasteiger partial charge in [-0.2, -0.15) is 15.2 Å². The quantitative estimate of drug-likeness (QED) is 0.254. The first kappa shape index (κ1) is 33.3. The van der Waals surface area contributed by atoms with Gasteiger partial charge in [0.05, 0.1) is 30.8 Å². The molecule has 6 rings (SSSR count). The molecule has 2 atom stereocenters. The summed E-state index contributed by atoms with van der Waals surface area (Å²) in [5, 5.41) is 11.7. The van der Waals surface area contributed by atoms with Gasteiger partial charge in [-0.1, -0.05) is 24.3 Å². The summed E-state index contributed by atoms with van der Waals surface area (Å²) in [4.78, 5) is 43.4. The molecule has 1 amide bonds. The molecule has 0 saturated carbocycles. The molecule has 3 aliphatic rings. The largest absolute Gasteiger partial charge is 0.462 e. The van der Waals surface area contributed by atoms with Gasteiger partial charge in [0.15, 0.2) is 0 Å². The number of nitriles is 1. The summed E-state index contributed by atoms with van der Waals surface area (Å²) >= 11 is 0. The predicted octanol–water partition coefficient (Wildman–Crippen LogP) is 4.93. The van der Waals surface area contributed by atoms with Crippen molar-refractivity contribution in [3.63, 3.8) is 0 Å². The van der Waals surface area contributed by atoms with E-state index in [2.05, 4.69) is 33.9 Å². The summed E-state index contributed by atoms with van der Waals surface area (Å²) in [5.41, 5.74) is 2.24. The lowest BCUT2D eigenvalue weighted by Gasteiger charge is -2.42. The molecule has 0 N–H and O–H groups in total. The van der Waals surface area contributed by atoms with Crippen LogP contribution in [0.1, 0.15) is 58.2 Å². The van der Waals surface area contributed by atoms with E-state index in [1.54, 1.807) is 4.90 Å². The molecule has 0 radical (unpaired) electrons. The number of aromatic nitrogens is 2. The number of hydrogen-bond acceptors (Lipinski definition) is 11. The van der Waals surface area contributed by atoms with Gasteiger partial charge < -0.3 is 33.8 Å². The fraction of sp³-hybridized carbons (Fsp3) is 0.528. The van der Waals surface area contributed by atoms with Crippen LogP contribution in [0.3, 0.4) is 0 Å². The molecule has 12 heteroatoms. The van der Waals surface area contributed by atoms with Crippen molar-refractivity contribution in [3.05, 3.63) is 47.7 Å². The Balaban J connectivity index is 1.33. The maximum absolute atomic E-state index is 13.1. The van der Waals surface area contributed by atoms with E-state index in [0.29, 0.717) is 63.6 Å². The minimum absolute atomic E-state index is 0.180. The first-order valence-corrected chi connectivity index (χ1v) is 16.8. The third kappa shape index (κ3) is 7.41. The molecule has 2 saturated heterocycles. The van der Waals surface area contributed by atoms with Crippen LogP contribution in [0.4, 0.5) is 16.3 Å². The fourth-order valence-electron chi connectivity index (χ4n) is 6.92. The molecule has 12 nitrogen and oxygen atoms in total. The van der Waals surface area contributed by atoms with Crippen LogP contribution in [0.15, 0.2) is 36.4 Å². The molecule has 0 spiro atoms. The van der Waals surface area contributed by atoms with Crippen LogP contribution in [0.2, 0.25) is 0 Å². The van der Waals surface area contributed by atoms with Crippen molar-refractivity contribution in [1.29, 1.82) is 5.26 Å². The van der Waals surface area contributed by atoms with E-state index in [0.717, 1.165) is 52.9 Å². The van der Waals surface area contributed by atoms with Crippen LogP contribution in [0.5, 0.6) is 11.8 Å². The van der Waals surface area contributed by atoms with Crippen molar-refractivity contribution < 1.29 is 23.8 Å². The van der Waals surface area contributed by atoms with E-state index < -0.39 is 11.7 Å². The number of anilines is 2. The molecule has 3 aromatic rings. The lowest BCUT2D eigenvalue weighted by Crippen LogP contribution is -2.56. The second-order valence-electron chi connectivity index (χ2n) is 13.9. The standard InChI is InChI=1S/C36H45N7O5/c1-24(44)47-28-19-25-9-6-7-11-29(25)32(20-28)41-16-13-30-31(22-41)38-34(46-23-27-10-8-15-40(27)5)39-33(30)42-17-18-43(26(21-42)12-14-37)35(45)48-36(2,3)4/h6-7,9,11,19-20,26-27H,8,10,12-13,15-18,21-23H2,1-5H3/t26-,27-/m0/s1. The van der Waals surface area contributed by atoms with Gasteiger partial charge in [-0.25, -0.2) is 4.79 Å². The second kappa shape index (κ2) is 13.8. The van der Waals surface area contributed by atoms with Crippen LogP contribution < -0.4 is 19.3 Å². The van der Waals surface area contributed by atoms with Crippen molar-refractivity contribution in [1.82, 2.24) is 19.8 Å². The van der Waals surface area contributed by atoms with Gasteiger partial charge in [0, 0.05) is 61.8 Å². The number of hydrogen-bond donors (Lipinski definition) is 0. The molecule has 1 aromatic heterocycles. The number of benzene rings is 2. The summed E-state index contributed by atoms with van der Waals surface area (Å²) in [6.07, 6.45) is 2.65. The van der Waals surface area contributed by atoms with E-state index in [1.165, 1.54) is 6.92 Å². The highest BCUT2D eigenvalue weighted by atomic mass is 16.6. The highest BCUT2D eigenvalue weighted by Crippen LogP contribution is 2.37. The zero-order valence-electron chi connectivity index (χ0n) is 28.6. The molecule has 0 bridgehead atoms. The third-order valence-corrected chi connectivity index (χ3v) is 9.25. The summed E-state index contributed by atoms with van der Waals surface area (Å²) in [7, 11) is 2.12. The molecular weight excluding hydrogens is 610 g/mol. The van der Waals surface area contributed by atoms with Crippen molar-refractivity contribution >= 4 is 34.3 Å². The number of fused-ring (bicyclic) bond motifs is 2. The van der Waals surface area contributed by atoms with Gasteiger partial charge in [0.1, 0.15) is 23.8 Å². The Labute approximate surface area is 282 Å². The summed E-state index contributed by atoms with van der Waals surface area (Å²) < 4.78 is 17.5. The van der Waals surface area contributed by atoms with Gasteiger partial charge in [0.25, 0.3) is 0 Å². The second-order valence-corrected chi connectivity index (χ2v) is 13.9. The monoisotopic (exact) mass is 655 g/mol. The minimum Gasteiger partial charge on any atom is -0.462 e. The van der Waals surface area contributed by atoms with Crippen LogP contribution in [-0.4, -0.2) is 95.9 Å². The Morgan fingerprint density at radius 1 is 1.04 bits per heavy atom. The highest BCUT2D eigenvalue weighted by Gasteiger charge is 2.36. The Bertz CT molecular complexity index is 1720. The minimum atomic E-state index is -0.633. The van der Waals surface area contributed by atoms with E-state index >= 15 is 0 Å². The van der Waals surface area contributed by atoms with Gasteiger partial charge in [0.2, 0.25) is 0 Å². The molecule has 0 aliphatic carbocycles. The molecule has 48 heavy (non-hydrogen) atoms. The molecule has 2 fully saturated rings. The van der Waals surface area contributed by atoms with Gasteiger partial charge >= 0.3 is 18.1 Å². The maximum atomic E-state index is 13.1. The number of likely N-dealkylation sites (N-methyl/N-ethyl adjacent to an activating group) is 1. The highest BCUT2D eigenvalue weighted by molar-refractivity contribution is 5.96. The predicted molar refractivity (Wildman–Crippen MR) is 182 cm³/mol. The molecule has 4 heterocycles. The fourth-order valence-corrected chi connectivity index (χ4v) is 6.92. The summed E-state index contributed by atoms with van der Waals surface area (Å²) in [5.74, 6) is 0.926. The first-order valence-electron chi connectivity index (χ1n) is 16.8. The molecule has 254 valence electrons. The summed E-state index contributed by atoms with van der Waals surface area (Å²) in [6, 6.07) is 14.4. The number of amides is 1. The SMILES string of the molecule is CC(=O)Oc1cc(N2CCc3c(nc(OC[C@@H]4CCCN4C)nc3N3CCN(C(=O)OC(C)(C)C)[C@@H](CC#N)C3)C2)c2ccccc2c1. The molecule has 0 unspecified atom stereocenters. The average molecular weight is 656 g/mol. The summed E-state index contributed by atoms with van der Waals surface area (Å²) in [6.45, 7) is 11.1. The number of rotatable bonds is 7. The van der Waals surface area contributed by atoms with Crippen LogP contribution in [0.25, 0.3) is 10.8 Å². The van der Waals surface area contributed by atoms with Crippen LogP contribution in [0, 0.1) is 11.3 Å². The van der Waals surface area contributed by atoms with E-state index in [4.69, 9.17) is 24.2 Å². The van der Waals surface area contributed by atoms with Gasteiger partial charge in [-0.3, -0.25) is 4.79 Å². The van der Waals surface area contributed by atoms with Crippen LogP contribution >= 0.6 is 0 Å². The number of piperazine rings is 1. The number of carbonyl (C=O) groups excluding carboxylic acids is 2. The number of likely N-dealkylation sites (tertiary alicyclic amines) is 1. The van der Waals surface area contributed by atoms with E-state index in [9.17, 15) is 14.9 Å². The normalized spacial score (nSPS) is 20.0. The molecular formula is C36H45N7O5. The number of esters is 1. The first-order chi connectivity index (χ1) is 23.0. The number of ether oxygens (including phenoxy) is 3. The van der Waals surface area contributed by atoms with Crippen molar-refractivity contribution in [3.8, 4) is 17.8 Å². The Kier molecular flexibility index (Phi) is 9.60. The lowest BCUT2D eigenvalue weighted by atomic mass is 10.0. The smallest absolute Gasteiger partial charge is 0.410 e.